The molecule has 2 heteroatoms. The van der Waals surface area contributed by atoms with E-state index < -0.39 is 0 Å². The zero-order valence-electron chi connectivity index (χ0n) is 10.0. The van der Waals surface area contributed by atoms with Crippen LogP contribution in [0.1, 0.15) is 32.3 Å². The molecule has 1 aromatic carbocycles. The number of hydrogen-bond acceptors (Lipinski definition) is 2. The van der Waals surface area contributed by atoms with Crippen molar-refractivity contribution in [3.05, 3.63) is 29.8 Å². The summed E-state index contributed by atoms with van der Waals surface area (Å²) in [7, 11) is 0. The second-order valence-electron chi connectivity index (χ2n) is 4.98. The molecule has 0 bridgehead atoms. The van der Waals surface area contributed by atoms with Crippen LogP contribution < -0.4 is 4.74 Å². The summed E-state index contributed by atoms with van der Waals surface area (Å²) in [6, 6.07) is 8.24. The minimum absolute atomic E-state index is 0.209. The number of rotatable bonds is 4. The van der Waals surface area contributed by atoms with Gasteiger partial charge in [-0.3, -0.25) is 0 Å². The second-order valence-corrected chi connectivity index (χ2v) is 4.98. The summed E-state index contributed by atoms with van der Waals surface area (Å²) in [5.74, 6) is 1.55. The molecule has 0 spiro atoms. The molecule has 2 nitrogen and oxygen atoms in total. The van der Waals surface area contributed by atoms with Crippen molar-refractivity contribution < 1.29 is 9.84 Å². The van der Waals surface area contributed by atoms with Crippen molar-refractivity contribution in [2.45, 2.75) is 45.3 Å². The molecule has 88 valence electrons. The largest absolute Gasteiger partial charge is 0.490 e. The molecule has 1 N–H and O–H groups in total. The molecule has 0 saturated carbocycles. The van der Waals surface area contributed by atoms with Crippen molar-refractivity contribution in [2.75, 3.05) is 0 Å². The van der Waals surface area contributed by atoms with Crippen LogP contribution in [0.4, 0.5) is 0 Å². The van der Waals surface area contributed by atoms with Gasteiger partial charge in [-0.25, -0.2) is 0 Å². The van der Waals surface area contributed by atoms with Crippen LogP contribution in [0.15, 0.2) is 24.3 Å². The van der Waals surface area contributed by atoms with Gasteiger partial charge in [-0.15, -0.1) is 0 Å². The highest BCUT2D eigenvalue weighted by molar-refractivity contribution is 5.37. The Balaban J connectivity index is 1.87. The molecule has 1 aliphatic heterocycles. The number of para-hydroxylation sites is 1. The van der Waals surface area contributed by atoms with Crippen LogP contribution in [-0.4, -0.2) is 17.3 Å². The van der Waals surface area contributed by atoms with Gasteiger partial charge >= 0.3 is 0 Å². The van der Waals surface area contributed by atoms with Gasteiger partial charge in [0.05, 0.1) is 6.10 Å². The van der Waals surface area contributed by atoms with E-state index in [-0.39, 0.29) is 6.10 Å². The first kappa shape index (κ1) is 11.5. The molecule has 0 fully saturated rings. The third-order valence-corrected chi connectivity index (χ3v) is 3.12. The van der Waals surface area contributed by atoms with Crippen LogP contribution in [0.3, 0.4) is 0 Å². The monoisotopic (exact) mass is 220 g/mol. The molecular formula is C14H20O2. The Morgan fingerprint density at radius 1 is 1.38 bits per heavy atom. The van der Waals surface area contributed by atoms with Gasteiger partial charge < -0.3 is 9.84 Å². The average Bonchev–Trinajstić information content (AvgIpc) is 2.57. The third kappa shape index (κ3) is 2.76. The maximum absolute atomic E-state index is 9.33. The van der Waals surface area contributed by atoms with Gasteiger partial charge in [0.1, 0.15) is 11.9 Å². The van der Waals surface area contributed by atoms with Gasteiger partial charge in [-0.1, -0.05) is 25.1 Å². The SMILES string of the molecule is CC(O)CC(C)CC1Cc2ccccc2O1. The summed E-state index contributed by atoms with van der Waals surface area (Å²) >= 11 is 0. The highest BCUT2D eigenvalue weighted by atomic mass is 16.5. The van der Waals surface area contributed by atoms with Crippen molar-refractivity contribution in [1.82, 2.24) is 0 Å². The summed E-state index contributed by atoms with van der Waals surface area (Å²) < 4.78 is 5.88. The zero-order chi connectivity index (χ0) is 11.5. The fraction of sp³-hybridized carbons (Fsp3) is 0.571. The third-order valence-electron chi connectivity index (χ3n) is 3.12. The van der Waals surface area contributed by atoms with E-state index in [0.29, 0.717) is 12.0 Å². The van der Waals surface area contributed by atoms with Gasteiger partial charge in [-0.05, 0) is 37.3 Å². The van der Waals surface area contributed by atoms with E-state index in [1.807, 2.05) is 19.1 Å². The lowest BCUT2D eigenvalue weighted by Crippen LogP contribution is -2.19. The summed E-state index contributed by atoms with van der Waals surface area (Å²) in [6.07, 6.45) is 2.99. The number of benzene rings is 1. The smallest absolute Gasteiger partial charge is 0.123 e. The van der Waals surface area contributed by atoms with Crippen molar-refractivity contribution in [3.63, 3.8) is 0 Å². The molecule has 16 heavy (non-hydrogen) atoms. The minimum atomic E-state index is -0.209. The number of aliphatic hydroxyl groups is 1. The Hall–Kier alpha value is -1.02. The van der Waals surface area contributed by atoms with Crippen LogP contribution in [-0.2, 0) is 6.42 Å². The molecule has 1 aliphatic rings. The maximum Gasteiger partial charge on any atom is 0.123 e. The summed E-state index contributed by atoms with van der Waals surface area (Å²) in [6.45, 7) is 4.03. The van der Waals surface area contributed by atoms with Crippen molar-refractivity contribution in [3.8, 4) is 5.75 Å². The van der Waals surface area contributed by atoms with Gasteiger partial charge in [0.25, 0.3) is 0 Å². The minimum Gasteiger partial charge on any atom is -0.490 e. The summed E-state index contributed by atoms with van der Waals surface area (Å²) in [5, 5.41) is 9.33. The fourth-order valence-corrected chi connectivity index (χ4v) is 2.51. The average molecular weight is 220 g/mol. The predicted octanol–water partition coefficient (Wildman–Crippen LogP) is 2.79. The topological polar surface area (TPSA) is 29.5 Å². The molecule has 3 atom stereocenters. The van der Waals surface area contributed by atoms with E-state index in [1.54, 1.807) is 0 Å². The Morgan fingerprint density at radius 2 is 2.12 bits per heavy atom. The van der Waals surface area contributed by atoms with E-state index in [0.717, 1.165) is 25.0 Å². The fourth-order valence-electron chi connectivity index (χ4n) is 2.51. The van der Waals surface area contributed by atoms with Gasteiger partial charge in [0.15, 0.2) is 0 Å². The van der Waals surface area contributed by atoms with E-state index in [9.17, 15) is 5.11 Å². The Kier molecular flexibility index (Phi) is 3.49. The second kappa shape index (κ2) is 4.88. The van der Waals surface area contributed by atoms with E-state index in [4.69, 9.17) is 4.74 Å². The zero-order valence-corrected chi connectivity index (χ0v) is 10.0. The number of fused-ring (bicyclic) bond motifs is 1. The molecule has 3 unspecified atom stereocenters. The van der Waals surface area contributed by atoms with E-state index in [2.05, 4.69) is 19.1 Å². The highest BCUT2D eigenvalue weighted by Crippen LogP contribution is 2.31. The standard InChI is InChI=1S/C14H20O2/c1-10(7-11(2)15)8-13-9-12-5-3-4-6-14(12)16-13/h3-6,10-11,13,15H,7-9H2,1-2H3. The molecule has 0 aromatic heterocycles. The maximum atomic E-state index is 9.33. The van der Waals surface area contributed by atoms with E-state index in [1.165, 1.54) is 5.56 Å². The first-order valence-corrected chi connectivity index (χ1v) is 6.07. The lowest BCUT2D eigenvalue weighted by atomic mass is 9.95. The van der Waals surface area contributed by atoms with Crippen molar-refractivity contribution in [1.29, 1.82) is 0 Å². The lowest BCUT2D eigenvalue weighted by molar-refractivity contribution is 0.138. The molecular weight excluding hydrogens is 200 g/mol. The van der Waals surface area contributed by atoms with Crippen LogP contribution in [0, 0.1) is 5.92 Å². The first-order chi connectivity index (χ1) is 7.65. The number of ether oxygens (including phenoxy) is 1. The number of aliphatic hydroxyl groups excluding tert-OH is 1. The summed E-state index contributed by atoms with van der Waals surface area (Å²) in [4.78, 5) is 0. The molecule has 0 saturated heterocycles. The molecule has 0 amide bonds. The van der Waals surface area contributed by atoms with Crippen molar-refractivity contribution in [2.24, 2.45) is 5.92 Å². The molecule has 2 rings (SSSR count). The van der Waals surface area contributed by atoms with Crippen molar-refractivity contribution >= 4 is 0 Å². The molecule has 0 radical (unpaired) electrons. The normalized spacial score (nSPS) is 22.3. The molecule has 1 heterocycles. The lowest BCUT2D eigenvalue weighted by Gasteiger charge is -2.17. The van der Waals surface area contributed by atoms with E-state index >= 15 is 0 Å². The van der Waals surface area contributed by atoms with Crippen LogP contribution in [0.25, 0.3) is 0 Å². The Bertz CT molecular complexity index is 321. The van der Waals surface area contributed by atoms with Gasteiger partial charge in [0.2, 0.25) is 0 Å². The van der Waals surface area contributed by atoms with Crippen LogP contribution >= 0.6 is 0 Å². The molecule has 1 aromatic rings. The van der Waals surface area contributed by atoms with Gasteiger partial charge in [-0.2, -0.15) is 0 Å². The highest BCUT2D eigenvalue weighted by Gasteiger charge is 2.24. The quantitative estimate of drug-likeness (QED) is 0.845. The predicted molar refractivity (Wildman–Crippen MR) is 64.6 cm³/mol. The Morgan fingerprint density at radius 3 is 2.81 bits per heavy atom. The number of hydrogen-bond donors (Lipinski definition) is 1. The first-order valence-electron chi connectivity index (χ1n) is 6.07. The van der Waals surface area contributed by atoms with Crippen LogP contribution in [0.2, 0.25) is 0 Å². The summed E-state index contributed by atoms with van der Waals surface area (Å²) in [5.41, 5.74) is 1.32. The Labute approximate surface area is 97.3 Å². The molecule has 0 aliphatic carbocycles. The van der Waals surface area contributed by atoms with Gasteiger partial charge in [0, 0.05) is 6.42 Å². The van der Waals surface area contributed by atoms with Crippen LogP contribution in [0.5, 0.6) is 5.75 Å².